The quantitative estimate of drug-likeness (QED) is 0.801. The lowest BCUT2D eigenvalue weighted by atomic mass is 10.1. The van der Waals surface area contributed by atoms with Crippen LogP contribution in [0.5, 0.6) is 0 Å². The zero-order valence-electron chi connectivity index (χ0n) is 13.0. The zero-order valence-corrected chi connectivity index (χ0v) is 13.9. The van der Waals surface area contributed by atoms with Crippen molar-refractivity contribution in [2.75, 3.05) is 11.9 Å². The van der Waals surface area contributed by atoms with Gasteiger partial charge in [-0.15, -0.1) is 0 Å². The molecular weight excluding hydrogens is 320 g/mol. The second kappa shape index (κ2) is 7.08. The van der Waals surface area contributed by atoms with Gasteiger partial charge in [0.2, 0.25) is 9.84 Å². The highest BCUT2D eigenvalue weighted by Crippen LogP contribution is 2.29. The van der Waals surface area contributed by atoms with Crippen molar-refractivity contribution in [3.63, 3.8) is 0 Å². The Labute approximate surface area is 135 Å². The average molecular weight is 339 g/mol. The van der Waals surface area contributed by atoms with Crippen LogP contribution in [0.25, 0.3) is 0 Å². The Morgan fingerprint density at radius 1 is 1.00 bits per heavy atom. The van der Waals surface area contributed by atoms with Crippen molar-refractivity contribution in [3.05, 3.63) is 59.7 Å². The number of rotatable bonds is 6. The van der Waals surface area contributed by atoms with Crippen LogP contribution < -0.4 is 4.90 Å². The van der Waals surface area contributed by atoms with Crippen LogP contribution >= 0.6 is 0 Å². The number of nitrogens with zero attached hydrogens (tertiary/aromatic N) is 1. The molecule has 0 N–H and O–H groups in total. The summed E-state index contributed by atoms with van der Waals surface area (Å²) in [5.74, 6) is -3.43. The summed E-state index contributed by atoms with van der Waals surface area (Å²) in [6, 6.07) is 13.8. The first-order valence-electron chi connectivity index (χ1n) is 7.26. The number of sulfone groups is 1. The van der Waals surface area contributed by atoms with Gasteiger partial charge in [0.15, 0.2) is 0 Å². The molecule has 0 saturated carbocycles. The number of hydrogen-bond donors (Lipinski definition) is 0. The highest BCUT2D eigenvalue weighted by atomic mass is 32.2. The van der Waals surface area contributed by atoms with Crippen molar-refractivity contribution >= 4 is 15.5 Å². The van der Waals surface area contributed by atoms with Gasteiger partial charge in [-0.2, -0.15) is 8.78 Å². The molecular formula is C17H19F2NO2S. The van der Waals surface area contributed by atoms with E-state index in [-0.39, 0.29) is 10.6 Å². The molecule has 0 radical (unpaired) electrons. The SMILES string of the molecule is CCc1ccc(CN(C)c2ccccc2S(=O)(=O)C(F)F)cc1. The Kier molecular flexibility index (Phi) is 5.36. The smallest absolute Gasteiger partial charge is 0.341 e. The summed E-state index contributed by atoms with van der Waals surface area (Å²) in [6.07, 6.45) is 0.936. The topological polar surface area (TPSA) is 37.4 Å². The highest BCUT2D eigenvalue weighted by molar-refractivity contribution is 7.91. The van der Waals surface area contributed by atoms with Crippen molar-refractivity contribution in [2.45, 2.75) is 30.5 Å². The van der Waals surface area contributed by atoms with Crippen LogP contribution in [-0.4, -0.2) is 21.2 Å². The van der Waals surface area contributed by atoms with Gasteiger partial charge in [-0.1, -0.05) is 43.3 Å². The molecule has 3 nitrogen and oxygen atoms in total. The molecule has 0 heterocycles. The van der Waals surface area contributed by atoms with Crippen LogP contribution in [0, 0.1) is 0 Å². The number of aryl methyl sites for hydroxylation is 1. The standard InChI is InChI=1S/C17H19F2NO2S/c1-3-13-8-10-14(11-9-13)12-20(2)15-6-4-5-7-16(15)23(21,22)17(18)19/h4-11,17H,3,12H2,1-2H3. The molecule has 0 aromatic heterocycles. The minimum absolute atomic E-state index is 0.271. The van der Waals surface area contributed by atoms with E-state index in [4.69, 9.17) is 0 Å². The molecule has 0 aliphatic rings. The number of anilines is 1. The first kappa shape index (κ1) is 17.4. The minimum Gasteiger partial charge on any atom is -0.369 e. The Balaban J connectivity index is 2.31. The molecule has 2 aromatic carbocycles. The van der Waals surface area contributed by atoms with Gasteiger partial charge < -0.3 is 4.90 Å². The van der Waals surface area contributed by atoms with Crippen LogP contribution in [0.4, 0.5) is 14.5 Å². The van der Waals surface area contributed by atoms with Gasteiger partial charge in [0.1, 0.15) is 0 Å². The molecule has 2 rings (SSSR count). The van der Waals surface area contributed by atoms with Crippen LogP contribution in [-0.2, 0) is 22.8 Å². The maximum absolute atomic E-state index is 12.8. The maximum Gasteiger partial charge on any atom is 0.341 e. The minimum atomic E-state index is -4.63. The summed E-state index contributed by atoms with van der Waals surface area (Å²) in [5.41, 5.74) is 2.46. The van der Waals surface area contributed by atoms with Crippen LogP contribution in [0.1, 0.15) is 18.1 Å². The van der Waals surface area contributed by atoms with Crippen molar-refractivity contribution in [3.8, 4) is 0 Å². The summed E-state index contributed by atoms with van der Waals surface area (Å²) >= 11 is 0. The molecule has 0 saturated heterocycles. The van der Waals surface area contributed by atoms with Crippen molar-refractivity contribution < 1.29 is 17.2 Å². The second-order valence-electron chi connectivity index (χ2n) is 5.30. The lowest BCUT2D eigenvalue weighted by Crippen LogP contribution is -2.21. The average Bonchev–Trinajstić information content (AvgIpc) is 2.55. The largest absolute Gasteiger partial charge is 0.369 e. The fraction of sp³-hybridized carbons (Fsp3) is 0.294. The number of benzene rings is 2. The first-order chi connectivity index (χ1) is 10.9. The predicted octanol–water partition coefficient (Wildman–Crippen LogP) is 3.88. The fourth-order valence-electron chi connectivity index (χ4n) is 2.35. The molecule has 0 aliphatic carbocycles. The third kappa shape index (κ3) is 3.88. The molecule has 0 unspecified atom stereocenters. The summed E-state index contributed by atoms with van der Waals surface area (Å²) < 4.78 is 49.3. The van der Waals surface area contributed by atoms with Crippen molar-refractivity contribution in [1.82, 2.24) is 0 Å². The molecule has 0 amide bonds. The van der Waals surface area contributed by atoms with Crippen molar-refractivity contribution in [1.29, 1.82) is 0 Å². The summed E-state index contributed by atoms with van der Waals surface area (Å²) in [4.78, 5) is 1.32. The summed E-state index contributed by atoms with van der Waals surface area (Å²) in [5, 5.41) is 0. The van der Waals surface area contributed by atoms with Crippen LogP contribution in [0.15, 0.2) is 53.4 Å². The normalized spacial score (nSPS) is 11.7. The van der Waals surface area contributed by atoms with Gasteiger partial charge in [-0.3, -0.25) is 0 Å². The van der Waals surface area contributed by atoms with E-state index >= 15 is 0 Å². The number of alkyl halides is 2. The summed E-state index contributed by atoms with van der Waals surface area (Å²) in [7, 11) is -2.94. The molecule has 0 bridgehead atoms. The van der Waals surface area contributed by atoms with E-state index in [2.05, 4.69) is 6.92 Å². The third-order valence-corrected chi connectivity index (χ3v) is 5.10. The molecule has 23 heavy (non-hydrogen) atoms. The molecule has 124 valence electrons. The number of hydrogen-bond acceptors (Lipinski definition) is 3. The van der Waals surface area contributed by atoms with Gasteiger partial charge in [-0.25, -0.2) is 8.42 Å². The van der Waals surface area contributed by atoms with Gasteiger partial charge in [0.25, 0.3) is 0 Å². The van der Waals surface area contributed by atoms with Gasteiger partial charge in [0, 0.05) is 13.6 Å². The van der Waals surface area contributed by atoms with Crippen molar-refractivity contribution in [2.24, 2.45) is 0 Å². The van der Waals surface area contributed by atoms with E-state index in [1.165, 1.54) is 23.8 Å². The Morgan fingerprint density at radius 2 is 1.57 bits per heavy atom. The molecule has 0 atom stereocenters. The monoisotopic (exact) mass is 339 g/mol. The van der Waals surface area contributed by atoms with E-state index in [0.29, 0.717) is 6.54 Å². The fourth-order valence-corrected chi connectivity index (χ4v) is 3.32. The molecule has 0 aliphatic heterocycles. The molecule has 0 spiro atoms. The molecule has 2 aromatic rings. The van der Waals surface area contributed by atoms with E-state index in [0.717, 1.165) is 12.0 Å². The van der Waals surface area contributed by atoms with Crippen LogP contribution in [0.2, 0.25) is 0 Å². The Hall–Kier alpha value is -1.95. The second-order valence-corrected chi connectivity index (χ2v) is 7.19. The number of halogens is 2. The maximum atomic E-state index is 12.8. The lowest BCUT2D eigenvalue weighted by Gasteiger charge is -2.22. The first-order valence-corrected chi connectivity index (χ1v) is 8.81. The number of para-hydroxylation sites is 1. The van der Waals surface area contributed by atoms with E-state index in [1.807, 2.05) is 24.3 Å². The van der Waals surface area contributed by atoms with Gasteiger partial charge in [0.05, 0.1) is 10.6 Å². The van der Waals surface area contributed by atoms with E-state index in [1.54, 1.807) is 18.0 Å². The molecule has 6 heteroatoms. The Morgan fingerprint density at radius 3 is 2.13 bits per heavy atom. The summed E-state index contributed by atoms with van der Waals surface area (Å²) in [6.45, 7) is 2.49. The lowest BCUT2D eigenvalue weighted by molar-refractivity contribution is 0.235. The van der Waals surface area contributed by atoms with Gasteiger partial charge >= 0.3 is 5.76 Å². The highest BCUT2D eigenvalue weighted by Gasteiger charge is 2.29. The Bertz CT molecular complexity index is 758. The zero-order chi connectivity index (χ0) is 17.0. The third-order valence-electron chi connectivity index (χ3n) is 3.67. The molecule has 0 fully saturated rings. The van der Waals surface area contributed by atoms with Crippen LogP contribution in [0.3, 0.4) is 0 Å². The van der Waals surface area contributed by atoms with E-state index < -0.39 is 15.6 Å². The van der Waals surface area contributed by atoms with Gasteiger partial charge in [-0.05, 0) is 29.7 Å². The van der Waals surface area contributed by atoms with E-state index in [9.17, 15) is 17.2 Å². The predicted molar refractivity (Wildman–Crippen MR) is 87.6 cm³/mol.